The van der Waals surface area contributed by atoms with Crippen LogP contribution >= 0.6 is 11.3 Å². The van der Waals surface area contributed by atoms with Crippen LogP contribution in [0.4, 0.5) is 0 Å². The number of fused-ring (bicyclic) bond motifs is 7. The van der Waals surface area contributed by atoms with Gasteiger partial charge in [-0.25, -0.2) is 15.0 Å². The van der Waals surface area contributed by atoms with Crippen LogP contribution < -0.4 is 0 Å². The van der Waals surface area contributed by atoms with Crippen molar-refractivity contribution in [2.24, 2.45) is 0 Å². The van der Waals surface area contributed by atoms with Gasteiger partial charge in [0.2, 0.25) is 0 Å². The Bertz CT molecular complexity index is 2970. The molecule has 3 heterocycles. The molecule has 0 saturated heterocycles. The number of benzene rings is 7. The molecule has 10 aromatic rings. The quantitative estimate of drug-likeness (QED) is 0.181. The van der Waals surface area contributed by atoms with Gasteiger partial charge in [-0.2, -0.15) is 5.26 Å². The Morgan fingerprint density at radius 2 is 1.06 bits per heavy atom. The molecular formula is C46H27N5S. The monoisotopic (exact) mass is 681 g/mol. The summed E-state index contributed by atoms with van der Waals surface area (Å²) in [6, 6.07) is 58.5. The van der Waals surface area contributed by atoms with Crippen molar-refractivity contribution in [3.63, 3.8) is 0 Å². The third-order valence-corrected chi connectivity index (χ3v) is 10.8. The lowest BCUT2D eigenvalue weighted by atomic mass is 9.99. The van der Waals surface area contributed by atoms with Crippen molar-refractivity contribution < 1.29 is 0 Å². The SMILES string of the molecule is N#Cc1cccc(-c2cc(-c3nc(-c4ccccc4)nc(-c4ccccc4)n3)cc(-n3c4ccccc4c4ccc5c6ccccc6sc5c43)c2)c1. The van der Waals surface area contributed by atoms with Crippen LogP contribution in [0.1, 0.15) is 5.56 Å². The standard InChI is InChI=1S/C46H27N5S/c47-28-29-12-11-17-32(24-29)33-25-34(46-49-44(30-13-3-1-4-14-30)48-45(50-46)31-15-5-2-6-16-31)27-35(26-33)51-40-20-9-7-18-36(40)38-22-23-39-37-19-8-10-21-41(37)52-43(39)42(38)51/h1-27H. The summed E-state index contributed by atoms with van der Waals surface area (Å²) in [7, 11) is 0. The van der Waals surface area contributed by atoms with Crippen molar-refractivity contribution in [1.29, 1.82) is 5.26 Å². The Hall–Kier alpha value is -6.94. The maximum atomic E-state index is 9.84. The number of hydrogen-bond donors (Lipinski definition) is 0. The van der Waals surface area contributed by atoms with Gasteiger partial charge in [-0.1, -0.05) is 121 Å². The van der Waals surface area contributed by atoms with E-state index in [4.69, 9.17) is 15.0 Å². The van der Waals surface area contributed by atoms with Crippen LogP contribution in [-0.2, 0) is 0 Å². The Morgan fingerprint density at radius 3 is 1.79 bits per heavy atom. The first-order valence-corrected chi connectivity index (χ1v) is 17.9. The Labute approximate surface area is 303 Å². The van der Waals surface area contributed by atoms with E-state index in [2.05, 4.69) is 95.6 Å². The molecule has 7 aromatic carbocycles. The van der Waals surface area contributed by atoms with E-state index < -0.39 is 0 Å². The first-order chi connectivity index (χ1) is 25.7. The van der Waals surface area contributed by atoms with Crippen molar-refractivity contribution in [2.45, 2.75) is 0 Å². The molecule has 6 heteroatoms. The first kappa shape index (κ1) is 29.9. The first-order valence-electron chi connectivity index (χ1n) is 17.1. The largest absolute Gasteiger partial charge is 0.308 e. The average Bonchev–Trinajstić information content (AvgIpc) is 3.77. The van der Waals surface area contributed by atoms with E-state index in [1.54, 1.807) is 0 Å². The maximum absolute atomic E-state index is 9.84. The number of thiophene rings is 1. The second kappa shape index (κ2) is 12.1. The molecule has 0 aliphatic carbocycles. The van der Waals surface area contributed by atoms with Crippen LogP contribution in [0.3, 0.4) is 0 Å². The lowest BCUT2D eigenvalue weighted by Gasteiger charge is -2.15. The van der Waals surface area contributed by atoms with Gasteiger partial charge in [0, 0.05) is 48.6 Å². The number of aromatic nitrogens is 4. The van der Waals surface area contributed by atoms with Crippen LogP contribution in [-0.4, -0.2) is 19.5 Å². The molecule has 0 fully saturated rings. The summed E-state index contributed by atoms with van der Waals surface area (Å²) in [6.07, 6.45) is 0. The topological polar surface area (TPSA) is 67.4 Å². The predicted octanol–water partition coefficient (Wildman–Crippen LogP) is 11.9. The minimum atomic E-state index is 0.569. The van der Waals surface area contributed by atoms with Gasteiger partial charge in [0.1, 0.15) is 0 Å². The van der Waals surface area contributed by atoms with Gasteiger partial charge < -0.3 is 4.57 Å². The van der Waals surface area contributed by atoms with E-state index in [-0.39, 0.29) is 0 Å². The van der Waals surface area contributed by atoms with E-state index >= 15 is 0 Å². The zero-order valence-corrected chi connectivity index (χ0v) is 28.5. The molecule has 0 saturated carbocycles. The zero-order chi connectivity index (χ0) is 34.6. The fourth-order valence-corrected chi connectivity index (χ4v) is 8.48. The van der Waals surface area contributed by atoms with Crippen molar-refractivity contribution in [1.82, 2.24) is 19.5 Å². The summed E-state index contributed by atoms with van der Waals surface area (Å²) in [5.74, 6) is 1.78. The smallest absolute Gasteiger partial charge is 0.164 e. The van der Waals surface area contributed by atoms with Crippen molar-refractivity contribution in [2.75, 3.05) is 0 Å². The summed E-state index contributed by atoms with van der Waals surface area (Å²) in [4.78, 5) is 15.2. The molecule has 0 aliphatic rings. The van der Waals surface area contributed by atoms with E-state index in [0.29, 0.717) is 23.0 Å². The van der Waals surface area contributed by atoms with Crippen LogP contribution in [0.15, 0.2) is 164 Å². The molecule has 10 rings (SSSR count). The van der Waals surface area contributed by atoms with E-state index in [1.165, 1.54) is 36.5 Å². The van der Waals surface area contributed by atoms with Gasteiger partial charge in [0.15, 0.2) is 17.5 Å². The minimum Gasteiger partial charge on any atom is -0.308 e. The fourth-order valence-electron chi connectivity index (χ4n) is 7.24. The molecule has 3 aromatic heterocycles. The number of para-hydroxylation sites is 1. The number of nitrogens with zero attached hydrogens (tertiary/aromatic N) is 5. The summed E-state index contributed by atoms with van der Waals surface area (Å²) >= 11 is 1.83. The summed E-state index contributed by atoms with van der Waals surface area (Å²) in [6.45, 7) is 0. The highest BCUT2D eigenvalue weighted by atomic mass is 32.1. The second-order valence-corrected chi connectivity index (χ2v) is 13.8. The molecule has 5 nitrogen and oxygen atoms in total. The van der Waals surface area contributed by atoms with Gasteiger partial charge >= 0.3 is 0 Å². The summed E-state index contributed by atoms with van der Waals surface area (Å²) < 4.78 is 4.89. The van der Waals surface area contributed by atoms with Crippen LogP contribution in [0.5, 0.6) is 0 Å². The molecule has 0 spiro atoms. The van der Waals surface area contributed by atoms with Gasteiger partial charge in [0.05, 0.1) is 27.4 Å². The second-order valence-electron chi connectivity index (χ2n) is 12.8. The molecule has 0 radical (unpaired) electrons. The Morgan fingerprint density at radius 1 is 0.462 bits per heavy atom. The third kappa shape index (κ3) is 4.95. The lowest BCUT2D eigenvalue weighted by Crippen LogP contribution is -2.02. The van der Waals surface area contributed by atoms with Gasteiger partial charge in [-0.05, 0) is 53.6 Å². The van der Waals surface area contributed by atoms with Crippen LogP contribution in [0.25, 0.3) is 93.0 Å². The van der Waals surface area contributed by atoms with Crippen molar-refractivity contribution >= 4 is 53.3 Å². The number of rotatable bonds is 5. The van der Waals surface area contributed by atoms with E-state index in [1.807, 2.05) is 90.2 Å². The minimum absolute atomic E-state index is 0.569. The molecule has 242 valence electrons. The molecule has 0 N–H and O–H groups in total. The van der Waals surface area contributed by atoms with Gasteiger partial charge in [0.25, 0.3) is 0 Å². The molecule has 0 bridgehead atoms. The van der Waals surface area contributed by atoms with Gasteiger partial charge in [-0.3, -0.25) is 0 Å². The number of nitriles is 1. The van der Waals surface area contributed by atoms with Crippen molar-refractivity contribution in [3.05, 3.63) is 169 Å². The molecule has 52 heavy (non-hydrogen) atoms. The highest BCUT2D eigenvalue weighted by Crippen LogP contribution is 2.43. The Balaban J connectivity index is 1.30. The molecule has 0 amide bonds. The molecular weight excluding hydrogens is 655 g/mol. The molecule has 0 unspecified atom stereocenters. The van der Waals surface area contributed by atoms with E-state index in [9.17, 15) is 5.26 Å². The van der Waals surface area contributed by atoms with E-state index in [0.717, 1.165) is 39.0 Å². The summed E-state index contributed by atoms with van der Waals surface area (Å²) in [5.41, 5.74) is 8.44. The number of hydrogen-bond acceptors (Lipinski definition) is 5. The fraction of sp³-hybridized carbons (Fsp3) is 0. The highest BCUT2D eigenvalue weighted by Gasteiger charge is 2.20. The molecule has 0 aliphatic heterocycles. The molecule has 0 atom stereocenters. The third-order valence-electron chi connectivity index (χ3n) is 9.64. The van der Waals surface area contributed by atoms with Crippen LogP contribution in [0, 0.1) is 11.3 Å². The normalized spacial score (nSPS) is 11.4. The van der Waals surface area contributed by atoms with Crippen molar-refractivity contribution in [3.8, 4) is 57.0 Å². The van der Waals surface area contributed by atoms with Crippen LogP contribution in [0.2, 0.25) is 0 Å². The van der Waals surface area contributed by atoms with Gasteiger partial charge in [-0.15, -0.1) is 11.3 Å². The zero-order valence-electron chi connectivity index (χ0n) is 27.7. The lowest BCUT2D eigenvalue weighted by molar-refractivity contribution is 1.07. The average molecular weight is 682 g/mol. The predicted molar refractivity (Wildman–Crippen MR) is 214 cm³/mol. The summed E-state index contributed by atoms with van der Waals surface area (Å²) in [5, 5.41) is 14.7. The highest BCUT2D eigenvalue weighted by molar-refractivity contribution is 7.26. The maximum Gasteiger partial charge on any atom is 0.164 e. The Kier molecular flexibility index (Phi) is 6.98.